The summed E-state index contributed by atoms with van der Waals surface area (Å²) in [6, 6.07) is 10.1. The number of piperidine rings is 2. The molecule has 0 aliphatic carbocycles. The summed E-state index contributed by atoms with van der Waals surface area (Å²) >= 11 is 0. The molecule has 3 aliphatic heterocycles. The Labute approximate surface area is 380 Å². The topological polar surface area (TPSA) is 237 Å². The standard InChI is InChI=1S/C45H47F4N9O9/c46-31-23-57(38(61)20-26-9-11-28(12-10-26)67-45(47,48)49)19-15-35(31)66-42-30(40(50)62)21-27(22-53-42)33-24-56(25-54-33)18-5-8-36(59)52-17-3-1-2-16-51-32-7-4-6-29-39(32)44(65)58(43(29)64)34-13-14-37(60)55-41(34)63/h4,6-7,9-12,21-22,24-25,31,34-35,51H,1-3,5,8,13-20,23H2,(H2,50,62)(H,52,59)(H,55,60,63)/t31-,34?,35-/m1/s1. The number of anilines is 1. The number of nitrogens with one attached hydrogen (secondary N) is 3. The Hall–Kier alpha value is -7.39. The number of nitrogens with two attached hydrogens (primary N) is 1. The zero-order valence-electron chi connectivity index (χ0n) is 36.0. The number of carbonyl (C=O) groups is 7. The van der Waals surface area contributed by atoms with E-state index in [1.807, 2.05) is 0 Å². The van der Waals surface area contributed by atoms with Crippen LogP contribution in [0, 0.1) is 0 Å². The summed E-state index contributed by atoms with van der Waals surface area (Å²) in [5, 5.41) is 8.31. The van der Waals surface area contributed by atoms with Crippen LogP contribution in [-0.2, 0) is 32.1 Å². The second-order valence-corrected chi connectivity index (χ2v) is 16.2. The number of aryl methyl sites for hydroxylation is 1. The number of rotatable bonds is 19. The van der Waals surface area contributed by atoms with Crippen LogP contribution in [0.1, 0.15) is 88.0 Å². The Kier molecular flexibility index (Phi) is 14.8. The quantitative estimate of drug-likeness (QED) is 0.0592. The lowest BCUT2D eigenvalue weighted by atomic mass is 10.0. The molecule has 7 amide bonds. The number of benzene rings is 2. The summed E-state index contributed by atoms with van der Waals surface area (Å²) in [5.41, 5.74) is 7.74. The van der Waals surface area contributed by atoms with Gasteiger partial charge in [-0.3, -0.25) is 43.8 Å². The van der Waals surface area contributed by atoms with Gasteiger partial charge in [0.15, 0.2) is 6.17 Å². The van der Waals surface area contributed by atoms with Gasteiger partial charge in [-0.25, -0.2) is 14.4 Å². The van der Waals surface area contributed by atoms with Gasteiger partial charge in [0, 0.05) is 69.1 Å². The van der Waals surface area contributed by atoms with E-state index in [1.165, 1.54) is 35.4 Å². The fraction of sp³-hybridized carbons (Fsp3) is 0.400. The molecule has 2 fully saturated rings. The SMILES string of the molecule is NC(=O)c1cc(-c2cn(CCCC(=O)NCCCCCNc3cccc4c3C(=O)N(C3CCC(=O)NC3=O)C4=O)cn2)cnc1O[C@@H]1CCN(C(=O)Cc2ccc(OC(F)(F)F)cc2)C[C@H]1F. The van der Waals surface area contributed by atoms with E-state index in [4.69, 9.17) is 10.5 Å². The third-order valence-corrected chi connectivity index (χ3v) is 11.4. The van der Waals surface area contributed by atoms with Crippen molar-refractivity contribution in [2.24, 2.45) is 5.73 Å². The van der Waals surface area contributed by atoms with Crippen molar-refractivity contribution >= 4 is 47.0 Å². The lowest BCUT2D eigenvalue weighted by Gasteiger charge is -2.34. The summed E-state index contributed by atoms with van der Waals surface area (Å²) in [7, 11) is 0. The summed E-state index contributed by atoms with van der Waals surface area (Å²) in [5.74, 6) is -4.29. The fourth-order valence-corrected chi connectivity index (χ4v) is 8.03. The Balaban J connectivity index is 0.798. The second kappa shape index (κ2) is 20.8. The molecule has 3 aliphatic rings. The largest absolute Gasteiger partial charge is 0.573 e. The molecule has 22 heteroatoms. The van der Waals surface area contributed by atoms with Crippen molar-refractivity contribution in [3.63, 3.8) is 0 Å². The van der Waals surface area contributed by atoms with Crippen LogP contribution in [0.5, 0.6) is 11.6 Å². The van der Waals surface area contributed by atoms with Crippen LogP contribution < -0.4 is 31.2 Å². The molecule has 7 rings (SSSR count). The first kappa shape index (κ1) is 47.6. The molecular formula is C45H47F4N9O9. The van der Waals surface area contributed by atoms with Crippen molar-refractivity contribution in [1.82, 2.24) is 35.0 Å². The predicted molar refractivity (Wildman–Crippen MR) is 229 cm³/mol. The lowest BCUT2D eigenvalue weighted by Crippen LogP contribution is -2.54. The number of unbranched alkanes of at least 4 members (excludes halogenated alkanes) is 2. The van der Waals surface area contributed by atoms with Gasteiger partial charge in [0.2, 0.25) is 29.5 Å². The van der Waals surface area contributed by atoms with Crippen molar-refractivity contribution in [2.45, 2.75) is 89.0 Å². The number of carbonyl (C=O) groups excluding carboxylic acids is 7. The van der Waals surface area contributed by atoms with E-state index in [-0.39, 0.29) is 73.7 Å². The van der Waals surface area contributed by atoms with Crippen LogP contribution in [0.15, 0.2) is 67.3 Å². The first-order valence-electron chi connectivity index (χ1n) is 21.6. The molecule has 0 saturated carbocycles. The maximum Gasteiger partial charge on any atom is 0.573 e. The molecule has 2 aromatic carbocycles. The first-order valence-corrected chi connectivity index (χ1v) is 21.6. The number of likely N-dealkylation sites (tertiary alicyclic amines) is 1. The zero-order valence-corrected chi connectivity index (χ0v) is 36.0. The molecule has 5 heterocycles. The van der Waals surface area contributed by atoms with Crippen LogP contribution >= 0.6 is 0 Å². The van der Waals surface area contributed by atoms with Crippen LogP contribution in [0.2, 0.25) is 0 Å². The lowest BCUT2D eigenvalue weighted by molar-refractivity contribution is -0.274. The molecule has 67 heavy (non-hydrogen) atoms. The number of halogens is 4. The molecule has 0 radical (unpaired) electrons. The van der Waals surface area contributed by atoms with Gasteiger partial charge >= 0.3 is 6.36 Å². The maximum absolute atomic E-state index is 15.3. The third-order valence-electron chi connectivity index (χ3n) is 11.4. The number of amides is 7. The summed E-state index contributed by atoms with van der Waals surface area (Å²) in [6.07, 6.45) is 0.128. The minimum atomic E-state index is -4.85. The van der Waals surface area contributed by atoms with Gasteiger partial charge in [-0.1, -0.05) is 18.2 Å². The van der Waals surface area contributed by atoms with Gasteiger partial charge in [-0.05, 0) is 68.0 Å². The van der Waals surface area contributed by atoms with Gasteiger partial charge < -0.3 is 35.3 Å². The van der Waals surface area contributed by atoms with Gasteiger partial charge in [0.05, 0.1) is 36.1 Å². The van der Waals surface area contributed by atoms with Crippen LogP contribution in [0.25, 0.3) is 11.3 Å². The van der Waals surface area contributed by atoms with Crippen molar-refractivity contribution in [3.05, 3.63) is 89.5 Å². The number of primary amides is 1. The molecule has 2 aromatic heterocycles. The van der Waals surface area contributed by atoms with E-state index in [0.717, 1.165) is 23.5 Å². The van der Waals surface area contributed by atoms with Crippen LogP contribution in [-0.4, -0.2) is 117 Å². The number of imidazole rings is 1. The Morgan fingerprint density at radius 3 is 2.45 bits per heavy atom. The number of nitrogens with zero attached hydrogens (tertiary/aromatic N) is 5. The van der Waals surface area contributed by atoms with Crippen LogP contribution in [0.3, 0.4) is 0 Å². The predicted octanol–water partition coefficient (Wildman–Crippen LogP) is 4.08. The number of hydrogen-bond donors (Lipinski definition) is 4. The Morgan fingerprint density at radius 1 is 0.940 bits per heavy atom. The number of ether oxygens (including phenoxy) is 2. The normalized spacial score (nSPS) is 18.4. The molecule has 0 bridgehead atoms. The molecule has 354 valence electrons. The Morgan fingerprint density at radius 2 is 1.72 bits per heavy atom. The highest BCUT2D eigenvalue weighted by atomic mass is 19.4. The van der Waals surface area contributed by atoms with Gasteiger partial charge in [-0.15, -0.1) is 13.2 Å². The molecule has 3 atom stereocenters. The van der Waals surface area contributed by atoms with Crippen molar-refractivity contribution in [1.29, 1.82) is 0 Å². The average molecular weight is 934 g/mol. The average Bonchev–Trinajstić information content (AvgIpc) is 3.86. The summed E-state index contributed by atoms with van der Waals surface area (Å²) < 4.78 is 64.1. The van der Waals surface area contributed by atoms with Gasteiger partial charge in [0.25, 0.3) is 17.7 Å². The molecule has 2 saturated heterocycles. The van der Waals surface area contributed by atoms with E-state index in [2.05, 4.69) is 30.7 Å². The van der Waals surface area contributed by atoms with Crippen molar-refractivity contribution in [2.75, 3.05) is 31.5 Å². The summed E-state index contributed by atoms with van der Waals surface area (Å²) in [4.78, 5) is 99.0. The molecular weight excluding hydrogens is 887 g/mol. The molecule has 1 unspecified atom stereocenters. The highest BCUT2D eigenvalue weighted by molar-refractivity contribution is 6.25. The highest BCUT2D eigenvalue weighted by Gasteiger charge is 2.45. The number of imide groups is 2. The molecule has 18 nitrogen and oxygen atoms in total. The molecule has 4 aromatic rings. The zero-order chi connectivity index (χ0) is 47.8. The van der Waals surface area contributed by atoms with Gasteiger partial charge in [-0.2, -0.15) is 0 Å². The number of pyridine rings is 1. The summed E-state index contributed by atoms with van der Waals surface area (Å²) in [6.45, 7) is 1.24. The number of fused-ring (bicyclic) bond motifs is 1. The number of aromatic nitrogens is 3. The number of hydrogen-bond acceptors (Lipinski definition) is 12. The highest BCUT2D eigenvalue weighted by Crippen LogP contribution is 2.33. The minimum absolute atomic E-state index is 0.0351. The molecule has 5 N–H and O–H groups in total. The van der Waals surface area contributed by atoms with E-state index in [1.54, 1.807) is 29.2 Å². The minimum Gasteiger partial charge on any atom is -0.471 e. The Bertz CT molecular complexity index is 2530. The monoisotopic (exact) mass is 933 g/mol. The fourth-order valence-electron chi connectivity index (χ4n) is 8.03. The van der Waals surface area contributed by atoms with Crippen molar-refractivity contribution < 1.29 is 60.6 Å². The third kappa shape index (κ3) is 11.9. The smallest absolute Gasteiger partial charge is 0.471 e. The van der Waals surface area contributed by atoms with E-state index >= 15 is 4.39 Å². The number of alkyl halides is 4. The van der Waals surface area contributed by atoms with Crippen LogP contribution in [0.4, 0.5) is 23.2 Å². The maximum atomic E-state index is 15.3. The van der Waals surface area contributed by atoms with E-state index in [0.29, 0.717) is 61.4 Å². The first-order chi connectivity index (χ1) is 32.0. The van der Waals surface area contributed by atoms with E-state index in [9.17, 15) is 46.7 Å². The van der Waals surface area contributed by atoms with Crippen molar-refractivity contribution in [3.8, 4) is 22.9 Å². The second-order valence-electron chi connectivity index (χ2n) is 16.2. The molecule has 0 spiro atoms. The van der Waals surface area contributed by atoms with Gasteiger partial charge in [0.1, 0.15) is 23.5 Å². The van der Waals surface area contributed by atoms with E-state index < -0.39 is 65.9 Å².